The number of carbonyl (C=O) groups excluding carboxylic acids is 1. The maximum absolute atomic E-state index is 13.2. The van der Waals surface area contributed by atoms with E-state index >= 15 is 0 Å². The number of hydrogen-bond donors (Lipinski definition) is 5. The zero-order chi connectivity index (χ0) is 35.7. The number of aromatic amines is 4. The largest absolute Gasteiger partial charge is 0.451 e. The Morgan fingerprint density at radius 1 is 0.627 bits per heavy atom. The number of halogens is 5. The molecule has 4 heterocycles. The molecular formula is C34H24F5N11O. The highest BCUT2D eigenvalue weighted by atomic mass is 19.4. The summed E-state index contributed by atoms with van der Waals surface area (Å²) in [5.74, 6) is -0.924. The van der Waals surface area contributed by atoms with Crippen molar-refractivity contribution in [3.8, 4) is 45.3 Å². The molecule has 12 nitrogen and oxygen atoms in total. The molecule has 17 heteroatoms. The lowest BCUT2D eigenvalue weighted by Gasteiger charge is -2.00. The lowest BCUT2D eigenvalue weighted by atomic mass is 10.1. The van der Waals surface area contributed by atoms with Gasteiger partial charge in [0.1, 0.15) is 17.5 Å². The van der Waals surface area contributed by atoms with E-state index in [1.807, 2.05) is 23.3 Å². The normalized spacial score (nSPS) is 11.5. The van der Waals surface area contributed by atoms with Crippen LogP contribution in [0, 0.1) is 11.6 Å². The molecule has 0 radical (unpaired) electrons. The van der Waals surface area contributed by atoms with Gasteiger partial charge in [0.2, 0.25) is 11.7 Å². The number of carbonyl (C=O) groups is 1. The summed E-state index contributed by atoms with van der Waals surface area (Å²) in [6.45, 7) is 1.73. The number of fused-ring (bicyclic) bond motifs is 2. The van der Waals surface area contributed by atoms with Gasteiger partial charge in [0.15, 0.2) is 11.6 Å². The monoisotopic (exact) mass is 697 g/mol. The topological polar surface area (TPSA) is 170 Å². The predicted molar refractivity (Wildman–Crippen MR) is 176 cm³/mol. The van der Waals surface area contributed by atoms with Crippen molar-refractivity contribution in [2.24, 2.45) is 0 Å². The average Bonchev–Trinajstić information content (AvgIpc) is 3.94. The molecule has 1 amide bonds. The Labute approximate surface area is 283 Å². The van der Waals surface area contributed by atoms with E-state index < -0.39 is 12.0 Å². The van der Waals surface area contributed by atoms with Crippen molar-refractivity contribution in [3.63, 3.8) is 0 Å². The van der Waals surface area contributed by atoms with E-state index in [0.717, 1.165) is 27.7 Å². The van der Waals surface area contributed by atoms with Gasteiger partial charge < -0.3 is 5.32 Å². The molecule has 256 valence electrons. The van der Waals surface area contributed by atoms with Crippen molar-refractivity contribution >= 4 is 27.7 Å². The summed E-state index contributed by atoms with van der Waals surface area (Å²) in [5.41, 5.74) is 5.56. The molecule has 5 N–H and O–H groups in total. The van der Waals surface area contributed by atoms with Crippen LogP contribution >= 0.6 is 0 Å². The fourth-order valence-electron chi connectivity index (χ4n) is 5.19. The van der Waals surface area contributed by atoms with Crippen LogP contribution in [0.5, 0.6) is 0 Å². The maximum atomic E-state index is 13.2. The summed E-state index contributed by atoms with van der Waals surface area (Å²) in [6, 6.07) is 22.6. The number of hydrogen-bond acceptors (Lipinski definition) is 7. The van der Waals surface area contributed by atoms with Crippen LogP contribution in [0.1, 0.15) is 18.6 Å². The van der Waals surface area contributed by atoms with Crippen molar-refractivity contribution in [1.29, 1.82) is 0 Å². The highest BCUT2D eigenvalue weighted by Crippen LogP contribution is 2.32. The minimum absolute atomic E-state index is 0.0690. The van der Waals surface area contributed by atoms with Gasteiger partial charge in [0.25, 0.3) is 0 Å². The first-order valence-electron chi connectivity index (χ1n) is 15.2. The molecule has 0 aliphatic heterocycles. The Kier molecular flexibility index (Phi) is 8.52. The molecule has 0 bridgehead atoms. The molecule has 0 aliphatic carbocycles. The van der Waals surface area contributed by atoms with Gasteiger partial charge in [-0.05, 0) is 84.9 Å². The van der Waals surface area contributed by atoms with E-state index in [2.05, 4.69) is 51.0 Å². The molecular weight excluding hydrogens is 673 g/mol. The molecule has 0 aliphatic rings. The van der Waals surface area contributed by atoms with E-state index in [4.69, 9.17) is 0 Å². The molecule has 0 unspecified atom stereocenters. The fraction of sp³-hybridized carbons (Fsp3) is 0.0882. The van der Waals surface area contributed by atoms with Crippen LogP contribution in [0.15, 0.2) is 84.9 Å². The summed E-state index contributed by atoms with van der Waals surface area (Å²) >= 11 is 0. The molecule has 4 aromatic heterocycles. The van der Waals surface area contributed by atoms with Gasteiger partial charge in [0, 0.05) is 39.9 Å². The van der Waals surface area contributed by atoms with Crippen molar-refractivity contribution in [2.45, 2.75) is 19.6 Å². The van der Waals surface area contributed by atoms with Crippen LogP contribution in [0.4, 0.5) is 22.0 Å². The highest BCUT2D eigenvalue weighted by Gasteiger charge is 2.35. The third-order valence-electron chi connectivity index (χ3n) is 7.67. The lowest BCUT2D eigenvalue weighted by Crippen LogP contribution is -2.19. The van der Waals surface area contributed by atoms with Gasteiger partial charge in [-0.1, -0.05) is 0 Å². The summed E-state index contributed by atoms with van der Waals surface area (Å²) in [4.78, 5) is 18.9. The maximum Gasteiger partial charge on any atom is 0.451 e. The fourth-order valence-corrected chi connectivity index (χ4v) is 5.19. The van der Waals surface area contributed by atoms with Gasteiger partial charge in [-0.25, -0.2) is 18.7 Å². The van der Waals surface area contributed by atoms with E-state index in [9.17, 15) is 26.7 Å². The molecule has 0 atom stereocenters. The SMILES string of the molecule is CC(=O)NCc1nc(-c2ccc3[nH]nc(-c4ccc(F)cc4)c3c2)n[nH]1.Fc1ccc(-c2n[nH]c3ccc(-c4n[nH]c(C(F)(F)F)n4)cc23)cc1. The Morgan fingerprint density at radius 2 is 1.10 bits per heavy atom. The van der Waals surface area contributed by atoms with E-state index in [1.54, 1.807) is 42.5 Å². The number of nitrogens with zero attached hydrogens (tertiary/aromatic N) is 6. The van der Waals surface area contributed by atoms with Gasteiger partial charge >= 0.3 is 6.18 Å². The minimum atomic E-state index is -4.59. The van der Waals surface area contributed by atoms with Crippen LogP contribution in [-0.2, 0) is 17.5 Å². The number of alkyl halides is 3. The first-order valence-corrected chi connectivity index (χ1v) is 15.2. The minimum Gasteiger partial charge on any atom is -0.349 e. The third kappa shape index (κ3) is 7.03. The molecule has 0 fully saturated rings. The van der Waals surface area contributed by atoms with Crippen LogP contribution in [0.25, 0.3) is 67.1 Å². The molecule has 4 aromatic carbocycles. The van der Waals surface area contributed by atoms with Gasteiger partial charge in [-0.3, -0.25) is 25.2 Å². The number of H-pyrrole nitrogens is 4. The lowest BCUT2D eigenvalue weighted by molar-refractivity contribution is -0.144. The van der Waals surface area contributed by atoms with Crippen LogP contribution in [0.2, 0.25) is 0 Å². The molecule has 0 saturated heterocycles. The second kappa shape index (κ2) is 13.3. The second-order valence-corrected chi connectivity index (χ2v) is 11.2. The quantitative estimate of drug-likeness (QED) is 0.117. The van der Waals surface area contributed by atoms with Crippen molar-refractivity contribution in [2.75, 3.05) is 0 Å². The molecule has 8 aromatic rings. The van der Waals surface area contributed by atoms with Crippen LogP contribution in [-0.4, -0.2) is 56.7 Å². The van der Waals surface area contributed by atoms with E-state index in [1.165, 1.54) is 31.2 Å². The Hall–Kier alpha value is -6.78. The number of rotatable bonds is 6. The zero-order valence-electron chi connectivity index (χ0n) is 26.3. The summed E-state index contributed by atoms with van der Waals surface area (Å²) < 4.78 is 64.2. The molecule has 0 spiro atoms. The van der Waals surface area contributed by atoms with Gasteiger partial charge in [-0.2, -0.15) is 33.6 Å². The van der Waals surface area contributed by atoms with Crippen molar-refractivity contribution < 1.29 is 26.7 Å². The number of nitrogens with one attached hydrogen (secondary N) is 5. The zero-order valence-corrected chi connectivity index (χ0v) is 26.3. The predicted octanol–water partition coefficient (Wildman–Crippen LogP) is 6.96. The van der Waals surface area contributed by atoms with E-state index in [0.29, 0.717) is 39.4 Å². The Morgan fingerprint density at radius 3 is 1.57 bits per heavy atom. The Bertz CT molecular complexity index is 2480. The first kappa shape index (κ1) is 32.8. The third-order valence-corrected chi connectivity index (χ3v) is 7.67. The molecule has 0 saturated carbocycles. The number of aromatic nitrogens is 10. The second-order valence-electron chi connectivity index (χ2n) is 11.2. The summed E-state index contributed by atoms with van der Waals surface area (Å²) in [7, 11) is 0. The standard InChI is InChI=1S/C18H15FN6O.C16H9F4N5/c1-10(26)20-9-16-21-18(25-23-16)12-4-7-15-14(8-12)17(24-22-15)11-2-5-13(19)6-3-11;17-10-4-1-8(2-5-10)13-11-7-9(3-6-12(11)22-23-13)14-21-15(25-24-14)16(18,19)20/h2-8H,9H2,1H3,(H,20,26)(H,22,24)(H,21,23,25);1-7H,(H,22,23)(H,21,24,25). The van der Waals surface area contributed by atoms with Crippen molar-refractivity contribution in [3.05, 3.63) is 108 Å². The number of benzene rings is 4. The molecule has 8 rings (SSSR count). The smallest absolute Gasteiger partial charge is 0.349 e. The first-order chi connectivity index (χ1) is 24.5. The van der Waals surface area contributed by atoms with E-state index in [-0.39, 0.29) is 29.9 Å². The molecule has 51 heavy (non-hydrogen) atoms. The van der Waals surface area contributed by atoms with Crippen LogP contribution < -0.4 is 5.32 Å². The van der Waals surface area contributed by atoms with Crippen molar-refractivity contribution in [1.82, 2.24) is 56.1 Å². The Balaban J connectivity index is 0.000000159. The number of amides is 1. The van der Waals surface area contributed by atoms with Gasteiger partial charge in [-0.15, -0.1) is 0 Å². The summed E-state index contributed by atoms with van der Waals surface area (Å²) in [5, 5.41) is 31.1. The summed E-state index contributed by atoms with van der Waals surface area (Å²) in [6.07, 6.45) is -4.59. The van der Waals surface area contributed by atoms with Crippen LogP contribution in [0.3, 0.4) is 0 Å². The van der Waals surface area contributed by atoms with Gasteiger partial charge in [0.05, 0.1) is 29.0 Å². The average molecular weight is 698 g/mol. The highest BCUT2D eigenvalue weighted by molar-refractivity contribution is 5.96.